The number of rotatable bonds is 1. The quantitative estimate of drug-likeness (QED) is 0.401. The van der Waals surface area contributed by atoms with Crippen molar-refractivity contribution in [3.63, 3.8) is 0 Å². The smallest absolute Gasteiger partial charge is 0.0743 e. The van der Waals surface area contributed by atoms with Crippen LogP contribution in [0, 0.1) is 0 Å². The second-order valence-corrected chi connectivity index (χ2v) is 18.3. The van der Waals surface area contributed by atoms with Gasteiger partial charge in [0.2, 0.25) is 0 Å². The Morgan fingerprint density at radius 2 is 1.50 bits per heavy atom. The average molecular weight is 136 g/mol. The molecule has 0 nitrogen and oxygen atoms in total. The highest BCUT2D eigenvalue weighted by molar-refractivity contribution is 8.14. The van der Waals surface area contributed by atoms with Gasteiger partial charge in [0.1, 0.15) is 0 Å². The third kappa shape index (κ3) is 4.78. The van der Waals surface area contributed by atoms with Gasteiger partial charge in [0.25, 0.3) is 0 Å². The lowest BCUT2D eigenvalue weighted by Gasteiger charge is -2.07. The molecule has 0 saturated heterocycles. The predicted molar refractivity (Wildman–Crippen MR) is 40.9 cm³/mol. The van der Waals surface area contributed by atoms with Crippen LogP contribution in [0.25, 0.3) is 0 Å². The van der Waals surface area contributed by atoms with Gasteiger partial charge in [0.05, 0.1) is 8.19 Å². The molecule has 0 fully saturated rings. The zero-order valence-corrected chi connectivity index (χ0v) is 7.96. The van der Waals surface area contributed by atoms with Crippen molar-refractivity contribution in [2.75, 3.05) is 0 Å². The lowest BCUT2D eigenvalue weighted by atomic mass is 11.8. The van der Waals surface area contributed by atoms with Crippen LogP contribution in [0.15, 0.2) is 0 Å². The highest BCUT2D eigenvalue weighted by atomic mass is 32.3. The molecule has 0 saturated carbocycles. The summed E-state index contributed by atoms with van der Waals surface area (Å²) in [6.45, 7) is 7.10. The van der Waals surface area contributed by atoms with Crippen LogP contribution >= 0.6 is 12.1 Å². The van der Waals surface area contributed by atoms with Crippen molar-refractivity contribution in [2.45, 2.75) is 19.6 Å². The van der Waals surface area contributed by atoms with E-state index in [2.05, 4.69) is 31.7 Å². The van der Waals surface area contributed by atoms with Gasteiger partial charge >= 0.3 is 0 Å². The summed E-state index contributed by atoms with van der Waals surface area (Å²) < 4.78 is 0. The highest BCUT2D eigenvalue weighted by Gasteiger charge is 2.08. The Balaban J connectivity index is 3.17. The van der Waals surface area contributed by atoms with Crippen LogP contribution in [-0.2, 0) is 0 Å². The Morgan fingerprint density at radius 3 is 1.50 bits per heavy atom. The molecule has 38 valence electrons. The molecular weight excluding hydrogens is 124 g/mol. The second-order valence-electron chi connectivity index (χ2n) is 2.72. The van der Waals surface area contributed by atoms with Crippen molar-refractivity contribution in [1.82, 2.24) is 0 Å². The summed E-state index contributed by atoms with van der Waals surface area (Å²) in [7, 11) is -0.542. The maximum absolute atomic E-state index is 4.30. The summed E-state index contributed by atoms with van der Waals surface area (Å²) in [6.07, 6.45) is 0. The topological polar surface area (TPSA) is 0 Å². The standard InChI is InChI=1S/C3H12SSi2/c1-6(2,3)5-4/h4H,5H2,1-3H3. The van der Waals surface area contributed by atoms with Crippen molar-refractivity contribution in [3.8, 4) is 0 Å². The molecular formula is C3H12SSi2. The van der Waals surface area contributed by atoms with Gasteiger partial charge < -0.3 is 0 Å². The van der Waals surface area contributed by atoms with Crippen LogP contribution in [0.5, 0.6) is 0 Å². The summed E-state index contributed by atoms with van der Waals surface area (Å²) in [5, 5.41) is 0. The first-order valence-corrected chi connectivity index (χ1v) is 10.5. The van der Waals surface area contributed by atoms with Gasteiger partial charge in [-0.05, 0) is 0 Å². The molecule has 0 rings (SSSR count). The lowest BCUT2D eigenvalue weighted by molar-refractivity contribution is 1.87. The molecule has 0 aromatic heterocycles. The van der Waals surface area contributed by atoms with Gasteiger partial charge in [-0.15, -0.1) is 0 Å². The Morgan fingerprint density at radius 1 is 1.33 bits per heavy atom. The summed E-state index contributed by atoms with van der Waals surface area (Å²) in [5.74, 6) is 0. The third-order valence-electron chi connectivity index (χ3n) is 0.474. The molecule has 0 aliphatic rings. The normalized spacial score (nSPS) is 14.0. The minimum absolute atomic E-state index is 0.0856. The highest BCUT2D eigenvalue weighted by Crippen LogP contribution is 1.97. The Kier molecular flexibility index (Phi) is 2.47. The van der Waals surface area contributed by atoms with Gasteiger partial charge in [0.15, 0.2) is 0 Å². The van der Waals surface area contributed by atoms with E-state index in [1.807, 2.05) is 0 Å². The minimum atomic E-state index is -0.628. The van der Waals surface area contributed by atoms with Crippen LogP contribution in [0.1, 0.15) is 0 Å². The van der Waals surface area contributed by atoms with E-state index >= 15 is 0 Å². The Labute approximate surface area is 48.0 Å². The fourth-order valence-electron chi connectivity index (χ4n) is 0. The summed E-state index contributed by atoms with van der Waals surface area (Å²) >= 11 is 4.30. The molecule has 0 radical (unpaired) electrons. The SMILES string of the molecule is C[Si](C)(C)[SiH2]S. The van der Waals surface area contributed by atoms with Crippen molar-refractivity contribution in [1.29, 1.82) is 0 Å². The average Bonchev–Trinajstić information content (AvgIpc) is 1.35. The predicted octanol–water partition coefficient (Wildman–Crippen LogP) is 0.835. The largest absolute Gasteiger partial charge is 0.213 e. The molecule has 3 heteroatoms. The van der Waals surface area contributed by atoms with Crippen LogP contribution < -0.4 is 0 Å². The van der Waals surface area contributed by atoms with Crippen molar-refractivity contribution in [2.24, 2.45) is 0 Å². The first-order chi connectivity index (χ1) is 2.56. The van der Waals surface area contributed by atoms with Crippen molar-refractivity contribution >= 4 is 27.9 Å². The van der Waals surface area contributed by atoms with E-state index in [9.17, 15) is 0 Å². The fraction of sp³-hybridized carbons (Fsp3) is 1.00. The molecule has 0 aromatic rings. The third-order valence-corrected chi connectivity index (χ3v) is 12.8. The molecule has 0 aliphatic heterocycles. The van der Waals surface area contributed by atoms with Crippen LogP contribution in [-0.4, -0.2) is 15.8 Å². The second kappa shape index (κ2) is 2.18. The zero-order valence-electron chi connectivity index (χ0n) is 4.65. The van der Waals surface area contributed by atoms with Gasteiger partial charge in [0, 0.05) is 7.59 Å². The Bertz CT molecular complexity index is 38.5. The van der Waals surface area contributed by atoms with Crippen molar-refractivity contribution < 1.29 is 0 Å². The maximum atomic E-state index is 4.30. The molecule has 0 bridgehead atoms. The molecule has 0 N–H and O–H groups in total. The number of hydrogen-bond acceptors (Lipinski definition) is 1. The van der Waals surface area contributed by atoms with Crippen LogP contribution in [0.2, 0.25) is 19.6 Å². The van der Waals surface area contributed by atoms with E-state index in [0.29, 0.717) is 0 Å². The molecule has 0 aromatic carbocycles. The zero-order chi connectivity index (χ0) is 5.21. The molecule has 0 unspecified atom stereocenters. The first kappa shape index (κ1) is 6.78. The van der Waals surface area contributed by atoms with E-state index < -0.39 is 7.59 Å². The van der Waals surface area contributed by atoms with Gasteiger partial charge in [-0.2, -0.15) is 0 Å². The molecule has 0 spiro atoms. The first-order valence-electron chi connectivity index (χ1n) is 2.17. The van der Waals surface area contributed by atoms with E-state index in [-0.39, 0.29) is 8.19 Å². The maximum Gasteiger partial charge on any atom is 0.0743 e. The molecule has 0 amide bonds. The van der Waals surface area contributed by atoms with Gasteiger partial charge in [-0.25, -0.2) is 12.1 Å². The van der Waals surface area contributed by atoms with E-state index in [4.69, 9.17) is 0 Å². The monoisotopic (exact) mass is 136 g/mol. The molecule has 0 aliphatic carbocycles. The number of hydrogen-bond donors (Lipinski definition) is 1. The van der Waals surface area contributed by atoms with E-state index in [0.717, 1.165) is 0 Å². The van der Waals surface area contributed by atoms with E-state index in [1.54, 1.807) is 0 Å². The van der Waals surface area contributed by atoms with Gasteiger partial charge in [-0.1, -0.05) is 19.6 Å². The summed E-state index contributed by atoms with van der Waals surface area (Å²) in [6, 6.07) is 0. The van der Waals surface area contributed by atoms with Crippen LogP contribution in [0.3, 0.4) is 0 Å². The fourth-order valence-corrected chi connectivity index (χ4v) is 0. The van der Waals surface area contributed by atoms with E-state index in [1.165, 1.54) is 0 Å². The lowest BCUT2D eigenvalue weighted by Crippen LogP contribution is -2.25. The number of thiol groups is 1. The summed E-state index contributed by atoms with van der Waals surface area (Å²) in [5.41, 5.74) is 0. The van der Waals surface area contributed by atoms with Gasteiger partial charge in [-0.3, -0.25) is 0 Å². The summed E-state index contributed by atoms with van der Waals surface area (Å²) in [4.78, 5) is 0. The molecule has 0 heterocycles. The molecule has 6 heavy (non-hydrogen) atoms. The molecule has 0 atom stereocenters. The van der Waals surface area contributed by atoms with Crippen molar-refractivity contribution in [3.05, 3.63) is 0 Å². The van der Waals surface area contributed by atoms with Crippen LogP contribution in [0.4, 0.5) is 0 Å². The minimum Gasteiger partial charge on any atom is -0.213 e. The Hall–Kier alpha value is 0.784.